The number of halogens is 3. The van der Waals surface area contributed by atoms with Crippen molar-refractivity contribution < 1.29 is 18.1 Å². The molecule has 0 saturated heterocycles. The predicted molar refractivity (Wildman–Crippen MR) is 111 cm³/mol. The van der Waals surface area contributed by atoms with Crippen LogP contribution in [0.5, 0.6) is 0 Å². The summed E-state index contributed by atoms with van der Waals surface area (Å²) in [5.41, 5.74) is 3.96. The van der Waals surface area contributed by atoms with Crippen LogP contribution >= 0.6 is 0 Å². The fraction of sp³-hybridized carbons (Fsp3) is 0.211. The predicted octanol–water partition coefficient (Wildman–Crippen LogP) is 5.29. The number of nitrogens with zero attached hydrogens (tertiary/aromatic N) is 6. The van der Waals surface area contributed by atoms with Gasteiger partial charge in [0.2, 0.25) is 0 Å². The van der Waals surface area contributed by atoms with Crippen molar-refractivity contribution in [2.24, 2.45) is 10.2 Å². The number of anilines is 2. The first-order chi connectivity index (χ1) is 15.2. The molecule has 0 bridgehead atoms. The van der Waals surface area contributed by atoms with Crippen molar-refractivity contribution in [2.45, 2.75) is 19.5 Å². The van der Waals surface area contributed by atoms with E-state index in [2.05, 4.69) is 30.5 Å². The molecule has 3 rings (SSSR count). The fourth-order valence-corrected chi connectivity index (χ4v) is 2.62. The highest BCUT2D eigenvalue weighted by Crippen LogP contribution is 2.40. The van der Waals surface area contributed by atoms with Gasteiger partial charge in [-0.1, -0.05) is 6.92 Å². The van der Waals surface area contributed by atoms with Crippen LogP contribution in [-0.4, -0.2) is 26.4 Å². The molecule has 3 aromatic rings. The van der Waals surface area contributed by atoms with Crippen LogP contribution < -0.4 is 11.1 Å². The Bertz CT molecular complexity index is 1150. The summed E-state index contributed by atoms with van der Waals surface area (Å²) < 4.78 is 40.2. The minimum absolute atomic E-state index is 0.0530. The highest BCUT2D eigenvalue weighted by Gasteiger charge is 2.35. The summed E-state index contributed by atoms with van der Waals surface area (Å²) in [5.74, 6) is 0.351. The molecule has 3 N–H and O–H groups in total. The lowest BCUT2D eigenvalue weighted by molar-refractivity contribution is -0.385. The Kier molecular flexibility index (Phi) is 6.56. The van der Waals surface area contributed by atoms with E-state index in [-0.39, 0.29) is 23.1 Å². The summed E-state index contributed by atoms with van der Waals surface area (Å²) in [6.45, 7) is 2.40. The molecule has 0 spiro atoms. The van der Waals surface area contributed by atoms with E-state index in [0.29, 0.717) is 18.2 Å². The van der Waals surface area contributed by atoms with Crippen molar-refractivity contribution in [2.75, 3.05) is 17.6 Å². The number of non-ortho nitro benzene ring substituents is 1. The first-order valence-electron chi connectivity index (χ1n) is 9.30. The van der Waals surface area contributed by atoms with Gasteiger partial charge >= 0.3 is 6.18 Å². The number of hydrogen-bond donors (Lipinski definition) is 2. The molecule has 0 unspecified atom stereocenters. The monoisotopic (exact) mass is 446 g/mol. The van der Waals surface area contributed by atoms with Gasteiger partial charge in [0.15, 0.2) is 23.1 Å². The van der Waals surface area contributed by atoms with Gasteiger partial charge in [-0.3, -0.25) is 15.1 Å². The molecule has 0 radical (unpaired) electrons. The summed E-state index contributed by atoms with van der Waals surface area (Å²) in [6.07, 6.45) is -1.05. The maximum atomic E-state index is 13.4. The van der Waals surface area contributed by atoms with Crippen molar-refractivity contribution >= 4 is 28.7 Å². The molecular weight excluding hydrogens is 429 g/mol. The smallest absolute Gasteiger partial charge is 0.382 e. The van der Waals surface area contributed by atoms with Crippen molar-refractivity contribution in [3.63, 3.8) is 0 Å². The minimum Gasteiger partial charge on any atom is -0.382 e. The van der Waals surface area contributed by atoms with Gasteiger partial charge in [0.25, 0.3) is 5.69 Å². The van der Waals surface area contributed by atoms with E-state index >= 15 is 0 Å². The van der Waals surface area contributed by atoms with Crippen LogP contribution in [0.15, 0.2) is 53.0 Å². The first kappa shape index (κ1) is 22.5. The number of nitrogens with two attached hydrogens (primary N) is 1. The van der Waals surface area contributed by atoms with Gasteiger partial charge in [0, 0.05) is 36.6 Å². The van der Waals surface area contributed by atoms with Gasteiger partial charge in [-0.15, -0.1) is 10.2 Å². The largest absolute Gasteiger partial charge is 0.418 e. The third kappa shape index (κ3) is 5.11. The number of alkyl halides is 3. The Balaban J connectivity index is 2.07. The standard InChI is InChI=1S/C19H17F3N8O2/c1-2-7-25-18-15(16(23)26-17(27-18)11-5-8-24-9-6-11)29-28-14-4-3-12(30(31)32)10-13(14)19(20,21)22/h3-6,8-10H,2,7H2,1H3,(H3,23,25,26,27). The van der Waals surface area contributed by atoms with Gasteiger partial charge in [0.05, 0.1) is 16.2 Å². The third-order valence-electron chi connectivity index (χ3n) is 4.15. The van der Waals surface area contributed by atoms with E-state index < -0.39 is 28.0 Å². The Labute approximate surface area is 179 Å². The van der Waals surface area contributed by atoms with E-state index in [1.807, 2.05) is 6.92 Å². The normalized spacial score (nSPS) is 11.6. The topological polar surface area (TPSA) is 145 Å². The molecule has 0 aliphatic rings. The average Bonchev–Trinajstić information content (AvgIpc) is 2.76. The van der Waals surface area contributed by atoms with E-state index in [4.69, 9.17) is 5.73 Å². The SMILES string of the molecule is CCCNc1nc(-c2ccncc2)nc(N)c1N=Nc1ccc([N+](=O)[O-])cc1C(F)(F)F. The van der Waals surface area contributed by atoms with Gasteiger partial charge in [-0.05, 0) is 24.6 Å². The van der Waals surface area contributed by atoms with Gasteiger partial charge < -0.3 is 11.1 Å². The zero-order valence-corrected chi connectivity index (χ0v) is 16.7. The second-order valence-electron chi connectivity index (χ2n) is 6.45. The van der Waals surface area contributed by atoms with Crippen LogP contribution in [0.25, 0.3) is 11.4 Å². The Hall–Kier alpha value is -4.16. The number of nitro groups is 1. The van der Waals surface area contributed by atoms with Crippen molar-refractivity contribution in [3.8, 4) is 11.4 Å². The van der Waals surface area contributed by atoms with Gasteiger partial charge in [-0.25, -0.2) is 9.97 Å². The van der Waals surface area contributed by atoms with Crippen molar-refractivity contribution in [3.05, 3.63) is 58.4 Å². The molecule has 0 saturated carbocycles. The number of azo groups is 1. The number of benzene rings is 1. The van der Waals surface area contributed by atoms with E-state index in [1.54, 1.807) is 24.5 Å². The molecule has 0 aliphatic carbocycles. The van der Waals surface area contributed by atoms with Gasteiger partial charge in [-0.2, -0.15) is 13.2 Å². The molecule has 0 fully saturated rings. The van der Waals surface area contributed by atoms with Crippen molar-refractivity contribution in [1.82, 2.24) is 15.0 Å². The Morgan fingerprint density at radius 3 is 2.50 bits per heavy atom. The number of hydrogen-bond acceptors (Lipinski definition) is 9. The molecule has 10 nitrogen and oxygen atoms in total. The van der Waals surface area contributed by atoms with E-state index in [9.17, 15) is 23.3 Å². The first-order valence-corrected chi connectivity index (χ1v) is 9.30. The molecule has 166 valence electrons. The van der Waals surface area contributed by atoms with Crippen molar-refractivity contribution in [1.29, 1.82) is 0 Å². The van der Waals surface area contributed by atoms with E-state index in [1.165, 1.54) is 0 Å². The number of nitrogens with one attached hydrogen (secondary N) is 1. The number of pyridine rings is 1. The number of nitro benzene ring substituents is 1. The van der Waals surface area contributed by atoms with Crippen LogP contribution in [0.4, 0.5) is 41.9 Å². The summed E-state index contributed by atoms with van der Waals surface area (Å²) in [4.78, 5) is 22.4. The maximum Gasteiger partial charge on any atom is 0.418 e. The zero-order chi connectivity index (χ0) is 23.3. The number of rotatable bonds is 7. The third-order valence-corrected chi connectivity index (χ3v) is 4.15. The Morgan fingerprint density at radius 2 is 1.88 bits per heavy atom. The summed E-state index contributed by atoms with van der Waals surface area (Å²) in [6, 6.07) is 5.52. The molecular formula is C19H17F3N8O2. The maximum absolute atomic E-state index is 13.4. The molecule has 0 atom stereocenters. The quantitative estimate of drug-likeness (QED) is 0.285. The molecule has 0 aliphatic heterocycles. The second-order valence-corrected chi connectivity index (χ2v) is 6.45. The van der Waals surface area contributed by atoms with Crippen LogP contribution in [-0.2, 0) is 6.18 Å². The summed E-state index contributed by atoms with van der Waals surface area (Å²) >= 11 is 0. The molecule has 1 aromatic carbocycles. The molecule has 2 aromatic heterocycles. The zero-order valence-electron chi connectivity index (χ0n) is 16.7. The average molecular weight is 446 g/mol. The van der Waals surface area contributed by atoms with E-state index in [0.717, 1.165) is 18.6 Å². The number of nitrogen functional groups attached to an aromatic ring is 1. The lowest BCUT2D eigenvalue weighted by Crippen LogP contribution is -2.07. The van der Waals surface area contributed by atoms with Gasteiger partial charge in [0.1, 0.15) is 0 Å². The molecule has 0 amide bonds. The highest BCUT2D eigenvalue weighted by molar-refractivity contribution is 5.75. The van der Waals surface area contributed by atoms with Crippen LogP contribution in [0.1, 0.15) is 18.9 Å². The summed E-state index contributed by atoms with van der Waals surface area (Å²) in [7, 11) is 0. The van der Waals surface area contributed by atoms with Crippen LogP contribution in [0, 0.1) is 10.1 Å². The molecule has 13 heteroatoms. The lowest BCUT2D eigenvalue weighted by atomic mass is 10.1. The number of aromatic nitrogens is 3. The Morgan fingerprint density at radius 1 is 1.16 bits per heavy atom. The van der Waals surface area contributed by atoms with Crippen LogP contribution in [0.3, 0.4) is 0 Å². The lowest BCUT2D eigenvalue weighted by Gasteiger charge is -2.12. The van der Waals surface area contributed by atoms with Crippen LogP contribution in [0.2, 0.25) is 0 Å². The molecule has 32 heavy (non-hydrogen) atoms. The summed E-state index contributed by atoms with van der Waals surface area (Å²) in [5, 5.41) is 21.3. The second kappa shape index (κ2) is 9.32. The highest BCUT2D eigenvalue weighted by atomic mass is 19.4. The minimum atomic E-state index is -4.88. The molecule has 2 heterocycles. The fourth-order valence-electron chi connectivity index (χ4n) is 2.62.